The molecule has 10 nitrogen and oxygen atoms in total. The summed E-state index contributed by atoms with van der Waals surface area (Å²) in [5.74, 6) is -2.83. The summed E-state index contributed by atoms with van der Waals surface area (Å²) in [5, 5.41) is 30.7. The highest BCUT2D eigenvalue weighted by Crippen LogP contribution is 2.47. The zero-order chi connectivity index (χ0) is 29.3. The highest BCUT2D eigenvalue weighted by Gasteiger charge is 2.41. The summed E-state index contributed by atoms with van der Waals surface area (Å²) >= 11 is 8.13. The van der Waals surface area contributed by atoms with Crippen molar-refractivity contribution >= 4 is 63.2 Å². The van der Waals surface area contributed by atoms with E-state index in [1.165, 1.54) is 30.3 Å². The van der Waals surface area contributed by atoms with Gasteiger partial charge in [-0.15, -0.1) is 10.2 Å². The van der Waals surface area contributed by atoms with Crippen LogP contribution in [0.2, 0.25) is 5.02 Å². The first-order valence-electron chi connectivity index (χ1n) is 12.2. The Bertz CT molecular complexity index is 1680. The predicted molar refractivity (Wildman–Crippen MR) is 152 cm³/mol. The number of allylic oxidation sites excluding steroid dienone is 3. The zero-order valence-electron chi connectivity index (χ0n) is 21.1. The molecule has 2 aliphatic rings. The molecule has 4 N–H and O–H groups in total. The van der Waals surface area contributed by atoms with Crippen LogP contribution in [0.5, 0.6) is 0 Å². The van der Waals surface area contributed by atoms with Gasteiger partial charge in [0.2, 0.25) is 11.0 Å². The lowest BCUT2D eigenvalue weighted by molar-refractivity contribution is -0.116. The number of thioether (sulfide) groups is 1. The minimum absolute atomic E-state index is 0.0481. The number of aromatic carboxylic acids is 1. The average molecular weight is 611 g/mol. The second-order valence-electron chi connectivity index (χ2n) is 9.05. The topological polar surface area (TPSA) is 162 Å². The van der Waals surface area contributed by atoms with Crippen molar-refractivity contribution in [3.05, 3.63) is 87.1 Å². The maximum absolute atomic E-state index is 13.6. The van der Waals surface area contributed by atoms with E-state index in [4.69, 9.17) is 17.3 Å². The van der Waals surface area contributed by atoms with Gasteiger partial charge in [0.25, 0.3) is 0 Å². The van der Waals surface area contributed by atoms with Gasteiger partial charge in [-0.25, -0.2) is 9.18 Å². The number of carboxylic acid groups (broad SMARTS) is 1. The number of Topliss-reactive ketones (excluding diaryl/α,β-unsaturated/α-hetero) is 1. The number of hydrogen-bond donors (Lipinski definition) is 3. The summed E-state index contributed by atoms with van der Waals surface area (Å²) in [4.78, 5) is 38.6. The molecule has 41 heavy (non-hydrogen) atoms. The fourth-order valence-electron chi connectivity index (χ4n) is 4.74. The molecule has 208 valence electrons. The monoisotopic (exact) mass is 610 g/mol. The smallest absolute Gasteiger partial charge is 0.337 e. The van der Waals surface area contributed by atoms with Crippen molar-refractivity contribution in [2.75, 3.05) is 16.0 Å². The van der Waals surface area contributed by atoms with E-state index >= 15 is 0 Å². The quantitative estimate of drug-likeness (QED) is 0.308. The Morgan fingerprint density at radius 3 is 2.71 bits per heavy atom. The van der Waals surface area contributed by atoms with E-state index in [1.807, 2.05) is 0 Å². The van der Waals surface area contributed by atoms with Crippen LogP contribution in [-0.4, -0.2) is 38.7 Å². The Balaban J connectivity index is 1.38. The lowest BCUT2D eigenvalue weighted by Gasteiger charge is -2.38. The molecule has 1 unspecified atom stereocenters. The largest absolute Gasteiger partial charge is 0.478 e. The molecule has 2 heterocycles. The number of anilines is 2. The van der Waals surface area contributed by atoms with Crippen LogP contribution in [0.25, 0.3) is 0 Å². The molecule has 5 rings (SSSR count). The maximum atomic E-state index is 13.6. The van der Waals surface area contributed by atoms with E-state index < -0.39 is 23.6 Å². The van der Waals surface area contributed by atoms with E-state index in [2.05, 4.69) is 21.6 Å². The molecule has 0 fully saturated rings. The normalized spacial score (nSPS) is 16.9. The van der Waals surface area contributed by atoms with Crippen LogP contribution < -0.4 is 16.0 Å². The Hall–Kier alpha value is -4.25. The third kappa shape index (κ3) is 5.67. The van der Waals surface area contributed by atoms with Gasteiger partial charge in [0.1, 0.15) is 11.6 Å². The predicted octanol–water partition coefficient (Wildman–Crippen LogP) is 5.06. The molecule has 3 aromatic rings. The lowest BCUT2D eigenvalue weighted by atomic mass is 9.76. The lowest BCUT2D eigenvalue weighted by Crippen LogP contribution is -2.38. The molecule has 1 aliphatic heterocycles. The van der Waals surface area contributed by atoms with Crippen LogP contribution in [0.15, 0.2) is 69.5 Å². The van der Waals surface area contributed by atoms with Crippen LogP contribution >= 0.6 is 34.7 Å². The Kier molecular flexibility index (Phi) is 8.07. The van der Waals surface area contributed by atoms with Gasteiger partial charge in [0, 0.05) is 23.4 Å². The van der Waals surface area contributed by atoms with Crippen molar-refractivity contribution in [2.45, 2.75) is 29.5 Å². The van der Waals surface area contributed by atoms with Crippen LogP contribution in [0.3, 0.4) is 0 Å². The number of carbonyl (C=O) groups is 3. The summed E-state index contributed by atoms with van der Waals surface area (Å²) in [7, 11) is 0. The molecule has 0 bridgehead atoms. The number of benzene rings is 2. The number of rotatable bonds is 7. The minimum Gasteiger partial charge on any atom is -0.478 e. The molecule has 1 aliphatic carbocycles. The minimum atomic E-state index is -1.21. The SMILES string of the molecule is N#CC1=C(N)N(c2nnc(SCC(=O)Nc3ccc(Cl)c(C(=O)O)c3)s2)C2=C(C(=O)CCC2)C1c1ccc(F)cc1. The first kappa shape index (κ1) is 28.3. The second kappa shape index (κ2) is 11.7. The van der Waals surface area contributed by atoms with Gasteiger partial charge in [-0.05, 0) is 48.7 Å². The highest BCUT2D eigenvalue weighted by atomic mass is 35.5. The molecule has 2 aromatic carbocycles. The number of amides is 1. The third-order valence-electron chi connectivity index (χ3n) is 6.51. The zero-order valence-corrected chi connectivity index (χ0v) is 23.4. The Labute approximate surface area is 246 Å². The van der Waals surface area contributed by atoms with E-state index in [0.29, 0.717) is 45.6 Å². The number of halogens is 2. The molecule has 0 saturated carbocycles. The summed E-state index contributed by atoms with van der Waals surface area (Å²) < 4.78 is 14.1. The van der Waals surface area contributed by atoms with Crippen LogP contribution in [0.4, 0.5) is 15.2 Å². The molecule has 1 aromatic heterocycles. The average Bonchev–Trinajstić information content (AvgIpc) is 3.41. The number of hydrogen-bond acceptors (Lipinski definition) is 10. The molecule has 14 heteroatoms. The summed E-state index contributed by atoms with van der Waals surface area (Å²) in [5.41, 5.74) is 8.45. The number of ketones is 1. The van der Waals surface area contributed by atoms with Crippen molar-refractivity contribution in [1.29, 1.82) is 5.26 Å². The number of nitriles is 1. The van der Waals surface area contributed by atoms with Crippen molar-refractivity contribution in [1.82, 2.24) is 10.2 Å². The van der Waals surface area contributed by atoms with Crippen molar-refractivity contribution < 1.29 is 23.9 Å². The fourth-order valence-corrected chi connectivity index (χ4v) is 6.62. The van der Waals surface area contributed by atoms with Crippen molar-refractivity contribution in [3.8, 4) is 6.07 Å². The summed E-state index contributed by atoms with van der Waals surface area (Å²) in [6.45, 7) is 0. The third-order valence-corrected chi connectivity index (χ3v) is 8.88. The van der Waals surface area contributed by atoms with Crippen LogP contribution in [0, 0.1) is 17.1 Å². The van der Waals surface area contributed by atoms with Gasteiger partial charge in [0.15, 0.2) is 10.1 Å². The molecular formula is C27H20ClFN6O4S2. The maximum Gasteiger partial charge on any atom is 0.337 e. The highest BCUT2D eigenvalue weighted by molar-refractivity contribution is 8.01. The molecule has 0 saturated heterocycles. The fraction of sp³-hybridized carbons (Fsp3) is 0.185. The number of carboxylic acids is 1. The summed E-state index contributed by atoms with van der Waals surface area (Å²) in [6.07, 6.45) is 1.42. The number of carbonyl (C=O) groups excluding carboxylic acids is 2. The summed E-state index contributed by atoms with van der Waals surface area (Å²) in [6, 6.07) is 11.9. The number of nitrogens with zero attached hydrogens (tertiary/aromatic N) is 4. The molecule has 0 radical (unpaired) electrons. The van der Waals surface area contributed by atoms with Gasteiger partial charge < -0.3 is 16.2 Å². The van der Waals surface area contributed by atoms with Crippen molar-refractivity contribution in [2.24, 2.45) is 5.73 Å². The van der Waals surface area contributed by atoms with Gasteiger partial charge in [0.05, 0.1) is 33.9 Å². The van der Waals surface area contributed by atoms with Crippen LogP contribution in [-0.2, 0) is 9.59 Å². The number of nitrogens with one attached hydrogen (secondary N) is 1. The van der Waals surface area contributed by atoms with Gasteiger partial charge >= 0.3 is 5.97 Å². The first-order chi connectivity index (χ1) is 19.7. The Morgan fingerprint density at radius 2 is 2.00 bits per heavy atom. The van der Waals surface area contributed by atoms with E-state index in [1.54, 1.807) is 17.0 Å². The van der Waals surface area contributed by atoms with Crippen molar-refractivity contribution in [3.63, 3.8) is 0 Å². The second-order valence-corrected chi connectivity index (χ2v) is 11.6. The molecule has 0 spiro atoms. The standard InChI is InChI=1S/C27H20ClFN6O4S2/c28-18-9-8-15(10-16(18)25(38)39)32-21(37)12-40-27-34-33-26(41-27)35-19-2-1-3-20(36)23(19)22(17(11-30)24(35)31)13-4-6-14(29)7-5-13/h4-10,22H,1-3,12,31H2,(H,32,37)(H,38,39). The van der Waals surface area contributed by atoms with Gasteiger partial charge in [-0.1, -0.05) is 46.8 Å². The van der Waals surface area contributed by atoms with E-state index in [0.717, 1.165) is 23.1 Å². The van der Waals surface area contributed by atoms with Gasteiger partial charge in [-0.2, -0.15) is 5.26 Å². The Morgan fingerprint density at radius 1 is 1.24 bits per heavy atom. The van der Waals surface area contributed by atoms with Crippen LogP contribution in [0.1, 0.15) is 41.1 Å². The first-order valence-corrected chi connectivity index (χ1v) is 14.4. The molecule has 1 amide bonds. The van der Waals surface area contributed by atoms with E-state index in [-0.39, 0.29) is 39.2 Å². The van der Waals surface area contributed by atoms with Gasteiger partial charge in [-0.3, -0.25) is 14.5 Å². The molecular weight excluding hydrogens is 591 g/mol. The molecule has 1 atom stereocenters. The van der Waals surface area contributed by atoms with E-state index in [9.17, 15) is 29.1 Å². The number of aromatic nitrogens is 2. The number of nitrogens with two attached hydrogens (primary N) is 1.